The van der Waals surface area contributed by atoms with E-state index in [1.54, 1.807) is 37.5 Å². The Morgan fingerprint density at radius 1 is 1.13 bits per heavy atom. The molecule has 0 aliphatic heterocycles. The maximum atomic E-state index is 11.9. The van der Waals surface area contributed by atoms with E-state index in [2.05, 4.69) is 10.6 Å². The molecule has 6 heteroatoms. The van der Waals surface area contributed by atoms with E-state index in [1.807, 2.05) is 18.2 Å². The molecule has 120 valence electrons. The van der Waals surface area contributed by atoms with E-state index in [1.165, 1.54) is 13.3 Å². The largest absolute Gasteiger partial charge is 0.497 e. The van der Waals surface area contributed by atoms with Crippen molar-refractivity contribution in [3.05, 3.63) is 59.3 Å². The van der Waals surface area contributed by atoms with Crippen molar-refractivity contribution in [3.8, 4) is 11.5 Å². The van der Waals surface area contributed by atoms with Crippen LogP contribution in [0.25, 0.3) is 6.08 Å². The number of amides is 2. The fourth-order valence-electron chi connectivity index (χ4n) is 1.88. The topological polar surface area (TPSA) is 59.6 Å². The van der Waals surface area contributed by atoms with Crippen LogP contribution in [0, 0.1) is 0 Å². The molecule has 0 saturated heterocycles. The Bertz CT molecular complexity index is 717. The highest BCUT2D eigenvalue weighted by Crippen LogP contribution is 2.28. The second-order valence-corrected chi connectivity index (χ2v) is 4.93. The van der Waals surface area contributed by atoms with Gasteiger partial charge in [-0.2, -0.15) is 0 Å². The van der Waals surface area contributed by atoms with E-state index in [4.69, 9.17) is 21.1 Å². The van der Waals surface area contributed by atoms with Crippen LogP contribution in [-0.2, 0) is 0 Å². The highest BCUT2D eigenvalue weighted by Gasteiger charge is 2.07. The Balaban J connectivity index is 1.99. The SMILES string of the molecule is COc1ccc(NC(=O)N/C=C/c2ccccc2Cl)c(OC)c1. The second-order valence-electron chi connectivity index (χ2n) is 4.52. The van der Waals surface area contributed by atoms with E-state index in [0.717, 1.165) is 5.56 Å². The lowest BCUT2D eigenvalue weighted by Crippen LogP contribution is -2.24. The first-order valence-electron chi connectivity index (χ1n) is 6.84. The number of halogens is 1. The molecule has 2 amide bonds. The summed E-state index contributed by atoms with van der Waals surface area (Å²) in [5.74, 6) is 1.15. The molecule has 0 radical (unpaired) electrons. The van der Waals surface area contributed by atoms with Crippen LogP contribution in [0.3, 0.4) is 0 Å². The molecule has 0 heterocycles. The predicted molar refractivity (Wildman–Crippen MR) is 92.2 cm³/mol. The summed E-state index contributed by atoms with van der Waals surface area (Å²) in [5.41, 5.74) is 1.36. The molecule has 23 heavy (non-hydrogen) atoms. The first kappa shape index (κ1) is 16.7. The van der Waals surface area contributed by atoms with Crippen molar-refractivity contribution in [2.45, 2.75) is 0 Å². The van der Waals surface area contributed by atoms with Gasteiger partial charge in [-0.05, 0) is 29.8 Å². The Hall–Kier alpha value is -2.66. The maximum absolute atomic E-state index is 11.9. The van der Waals surface area contributed by atoms with Crippen LogP contribution < -0.4 is 20.1 Å². The van der Waals surface area contributed by atoms with Gasteiger partial charge in [0.25, 0.3) is 0 Å². The Labute approximate surface area is 139 Å². The van der Waals surface area contributed by atoms with Gasteiger partial charge in [-0.25, -0.2) is 4.79 Å². The van der Waals surface area contributed by atoms with Gasteiger partial charge >= 0.3 is 6.03 Å². The van der Waals surface area contributed by atoms with Gasteiger partial charge in [0, 0.05) is 17.3 Å². The van der Waals surface area contributed by atoms with Gasteiger partial charge in [-0.15, -0.1) is 0 Å². The zero-order valence-corrected chi connectivity index (χ0v) is 13.6. The van der Waals surface area contributed by atoms with Gasteiger partial charge in [0.15, 0.2) is 0 Å². The number of rotatable bonds is 5. The zero-order chi connectivity index (χ0) is 16.7. The molecule has 2 N–H and O–H groups in total. The fourth-order valence-corrected chi connectivity index (χ4v) is 2.08. The maximum Gasteiger partial charge on any atom is 0.323 e. The van der Waals surface area contributed by atoms with Gasteiger partial charge in [0.2, 0.25) is 0 Å². The lowest BCUT2D eigenvalue weighted by molar-refractivity contribution is 0.255. The summed E-state index contributed by atoms with van der Waals surface area (Å²) in [5, 5.41) is 5.92. The zero-order valence-electron chi connectivity index (χ0n) is 12.8. The fraction of sp³-hybridized carbons (Fsp3) is 0.118. The van der Waals surface area contributed by atoms with E-state index in [9.17, 15) is 4.79 Å². The van der Waals surface area contributed by atoms with Crippen molar-refractivity contribution >= 4 is 29.4 Å². The number of methoxy groups -OCH3 is 2. The lowest BCUT2D eigenvalue weighted by atomic mass is 10.2. The molecule has 0 spiro atoms. The first-order chi connectivity index (χ1) is 11.1. The standard InChI is InChI=1S/C17H17ClN2O3/c1-22-13-7-8-15(16(11-13)23-2)20-17(21)19-10-9-12-5-3-4-6-14(12)18/h3-11H,1-2H3,(H2,19,20,21)/b10-9+. The molecule has 0 fully saturated rings. The smallest absolute Gasteiger partial charge is 0.323 e. The number of carbonyl (C=O) groups excluding carboxylic acids is 1. The highest BCUT2D eigenvalue weighted by atomic mass is 35.5. The normalized spacial score (nSPS) is 10.4. The van der Waals surface area contributed by atoms with Gasteiger partial charge in [0.05, 0.1) is 19.9 Å². The summed E-state index contributed by atoms with van der Waals surface area (Å²) in [4.78, 5) is 11.9. The van der Waals surface area contributed by atoms with Crippen LogP contribution in [0.2, 0.25) is 5.02 Å². The van der Waals surface area contributed by atoms with Crippen molar-refractivity contribution in [1.82, 2.24) is 5.32 Å². The van der Waals surface area contributed by atoms with Gasteiger partial charge in [0.1, 0.15) is 11.5 Å². The van der Waals surface area contributed by atoms with Crippen molar-refractivity contribution in [3.63, 3.8) is 0 Å². The van der Waals surface area contributed by atoms with E-state index >= 15 is 0 Å². The molecular weight excluding hydrogens is 316 g/mol. The molecule has 0 bridgehead atoms. The summed E-state index contributed by atoms with van der Waals surface area (Å²) in [6, 6.07) is 12.1. The number of nitrogens with one attached hydrogen (secondary N) is 2. The van der Waals surface area contributed by atoms with Crippen molar-refractivity contribution in [2.24, 2.45) is 0 Å². The van der Waals surface area contributed by atoms with E-state index < -0.39 is 6.03 Å². The molecule has 0 aliphatic rings. The Kier molecular flexibility index (Phi) is 5.88. The second kappa shape index (κ2) is 8.10. The minimum atomic E-state index is -0.392. The molecule has 2 aromatic carbocycles. The van der Waals surface area contributed by atoms with Gasteiger partial charge < -0.3 is 20.1 Å². The molecule has 2 rings (SSSR count). The minimum Gasteiger partial charge on any atom is -0.497 e. The quantitative estimate of drug-likeness (QED) is 0.864. The van der Waals surface area contributed by atoms with Crippen molar-refractivity contribution < 1.29 is 14.3 Å². The van der Waals surface area contributed by atoms with Crippen LogP contribution in [0.15, 0.2) is 48.7 Å². The number of benzene rings is 2. The van der Waals surface area contributed by atoms with E-state index in [-0.39, 0.29) is 0 Å². The summed E-state index contributed by atoms with van der Waals surface area (Å²) in [7, 11) is 3.09. The summed E-state index contributed by atoms with van der Waals surface area (Å²) >= 11 is 6.03. The highest BCUT2D eigenvalue weighted by molar-refractivity contribution is 6.32. The van der Waals surface area contributed by atoms with Gasteiger partial charge in [-0.1, -0.05) is 29.8 Å². The van der Waals surface area contributed by atoms with Crippen molar-refractivity contribution in [2.75, 3.05) is 19.5 Å². The molecule has 2 aromatic rings. The molecule has 0 atom stereocenters. The molecule has 0 saturated carbocycles. The summed E-state index contributed by atoms with van der Waals surface area (Å²) in [6.45, 7) is 0. The van der Waals surface area contributed by atoms with Crippen LogP contribution in [0.4, 0.5) is 10.5 Å². The van der Waals surface area contributed by atoms with Crippen LogP contribution >= 0.6 is 11.6 Å². The van der Waals surface area contributed by atoms with E-state index in [0.29, 0.717) is 22.2 Å². The Morgan fingerprint density at radius 2 is 1.91 bits per heavy atom. The number of urea groups is 1. The third kappa shape index (κ3) is 4.66. The summed E-state index contributed by atoms with van der Waals surface area (Å²) < 4.78 is 10.3. The predicted octanol–water partition coefficient (Wildman–Crippen LogP) is 4.15. The number of ether oxygens (including phenoxy) is 2. The molecular formula is C17H17ClN2O3. The number of carbonyl (C=O) groups is 1. The van der Waals surface area contributed by atoms with Crippen LogP contribution in [-0.4, -0.2) is 20.3 Å². The molecule has 0 aromatic heterocycles. The average molecular weight is 333 g/mol. The molecule has 0 aliphatic carbocycles. The van der Waals surface area contributed by atoms with Crippen LogP contribution in [0.5, 0.6) is 11.5 Å². The first-order valence-corrected chi connectivity index (χ1v) is 7.22. The monoisotopic (exact) mass is 332 g/mol. The van der Waals surface area contributed by atoms with Gasteiger partial charge in [-0.3, -0.25) is 0 Å². The average Bonchev–Trinajstić information content (AvgIpc) is 2.57. The summed E-state index contributed by atoms with van der Waals surface area (Å²) in [6.07, 6.45) is 3.24. The third-order valence-electron chi connectivity index (χ3n) is 3.04. The number of hydrogen-bond donors (Lipinski definition) is 2. The minimum absolute atomic E-state index is 0.392. The Morgan fingerprint density at radius 3 is 2.61 bits per heavy atom. The molecule has 0 unspecified atom stereocenters. The van der Waals surface area contributed by atoms with Crippen molar-refractivity contribution in [1.29, 1.82) is 0 Å². The third-order valence-corrected chi connectivity index (χ3v) is 3.38. The number of hydrogen-bond acceptors (Lipinski definition) is 3. The lowest BCUT2D eigenvalue weighted by Gasteiger charge is -2.11. The molecule has 5 nitrogen and oxygen atoms in total. The number of anilines is 1. The van der Waals surface area contributed by atoms with Crippen LogP contribution in [0.1, 0.15) is 5.56 Å².